The molecule has 2 N–H and O–H groups in total. The molecule has 1 heterocycles. The lowest BCUT2D eigenvalue weighted by atomic mass is 9.97. The minimum Gasteiger partial charge on any atom is -0.347 e. The van der Waals surface area contributed by atoms with E-state index in [9.17, 15) is 9.59 Å². The normalized spacial score (nSPS) is 12.2. The van der Waals surface area contributed by atoms with Gasteiger partial charge in [-0.05, 0) is 17.7 Å². The summed E-state index contributed by atoms with van der Waals surface area (Å²) in [7, 11) is 0. The number of hydrogen-bond acceptors (Lipinski definition) is 5. The zero-order valence-electron chi connectivity index (χ0n) is 17.4. The molecule has 2 aromatic carbocycles. The molecule has 0 fully saturated rings. The van der Waals surface area contributed by atoms with Gasteiger partial charge in [-0.15, -0.1) is 0 Å². The molecule has 1 aromatic heterocycles. The predicted molar refractivity (Wildman–Crippen MR) is 113 cm³/mol. The number of carbonyl (C=O) groups is 2. The molecule has 0 radical (unpaired) electrons. The maximum absolute atomic E-state index is 12.9. The highest BCUT2D eigenvalue weighted by Crippen LogP contribution is 2.19. The zero-order chi connectivity index (χ0) is 21.6. The van der Waals surface area contributed by atoms with E-state index in [2.05, 4.69) is 20.8 Å². The van der Waals surface area contributed by atoms with Crippen molar-refractivity contribution in [3.63, 3.8) is 0 Å². The van der Waals surface area contributed by atoms with Gasteiger partial charge in [0.05, 0.1) is 6.54 Å². The minimum atomic E-state index is -0.742. The predicted octanol–water partition coefficient (Wildman–Crippen LogP) is 3.02. The average molecular weight is 406 g/mol. The van der Waals surface area contributed by atoms with E-state index < -0.39 is 6.04 Å². The van der Waals surface area contributed by atoms with E-state index in [-0.39, 0.29) is 23.8 Å². The van der Waals surface area contributed by atoms with E-state index >= 15 is 0 Å². The number of nitrogens with one attached hydrogen (secondary N) is 2. The van der Waals surface area contributed by atoms with Crippen LogP contribution in [0.3, 0.4) is 0 Å². The lowest BCUT2D eigenvalue weighted by molar-refractivity contribution is -0.123. The van der Waals surface area contributed by atoms with Gasteiger partial charge in [-0.25, -0.2) is 0 Å². The van der Waals surface area contributed by atoms with Gasteiger partial charge in [0.25, 0.3) is 5.91 Å². The molecule has 1 atom stereocenters. The van der Waals surface area contributed by atoms with Gasteiger partial charge < -0.3 is 15.2 Å². The first-order valence-electron chi connectivity index (χ1n) is 9.83. The first-order valence-corrected chi connectivity index (χ1v) is 9.83. The number of aromatic nitrogens is 2. The van der Waals surface area contributed by atoms with Crippen molar-refractivity contribution in [2.24, 2.45) is 0 Å². The molecular weight excluding hydrogens is 380 g/mol. The molecule has 2 amide bonds. The summed E-state index contributed by atoms with van der Waals surface area (Å²) in [6.45, 7) is 6.03. The molecule has 7 nitrogen and oxygen atoms in total. The van der Waals surface area contributed by atoms with Gasteiger partial charge in [-0.2, -0.15) is 4.98 Å². The number of carbonyl (C=O) groups excluding carboxylic acids is 2. The van der Waals surface area contributed by atoms with Crippen LogP contribution < -0.4 is 10.6 Å². The van der Waals surface area contributed by atoms with Crippen molar-refractivity contribution in [2.45, 2.75) is 45.2 Å². The average Bonchev–Trinajstić information content (AvgIpc) is 3.22. The van der Waals surface area contributed by atoms with Crippen LogP contribution in [0.4, 0.5) is 0 Å². The van der Waals surface area contributed by atoms with Crippen molar-refractivity contribution in [3.8, 4) is 0 Å². The molecular formula is C23H26N4O3. The highest BCUT2D eigenvalue weighted by molar-refractivity contribution is 5.97. The molecule has 1 unspecified atom stereocenters. The monoisotopic (exact) mass is 406 g/mol. The Morgan fingerprint density at radius 3 is 2.23 bits per heavy atom. The molecule has 3 rings (SSSR count). The fraction of sp³-hybridized carbons (Fsp3) is 0.304. The standard InChI is InChI=1S/C23H26N4O3/c1-23(2,3)22-26-19(27-30-22)15-24-21(29)18(14-16-10-6-4-7-11-16)25-20(28)17-12-8-5-9-13-17/h4-13,18H,14-15H2,1-3H3,(H,24,29)(H,25,28). The Bertz CT molecular complexity index is 978. The lowest BCUT2D eigenvalue weighted by Gasteiger charge is -2.18. The van der Waals surface area contributed by atoms with E-state index in [1.54, 1.807) is 24.3 Å². The minimum absolute atomic E-state index is 0.116. The maximum Gasteiger partial charge on any atom is 0.251 e. The zero-order valence-corrected chi connectivity index (χ0v) is 17.4. The van der Waals surface area contributed by atoms with Crippen LogP contribution in [-0.4, -0.2) is 28.0 Å². The third-order valence-electron chi connectivity index (χ3n) is 4.47. The van der Waals surface area contributed by atoms with Gasteiger partial charge in [-0.3, -0.25) is 9.59 Å². The smallest absolute Gasteiger partial charge is 0.251 e. The topological polar surface area (TPSA) is 97.1 Å². The van der Waals surface area contributed by atoms with Crippen molar-refractivity contribution in [1.29, 1.82) is 0 Å². The Labute approximate surface area is 175 Å². The molecule has 0 saturated carbocycles. The number of nitrogens with zero attached hydrogens (tertiary/aromatic N) is 2. The van der Waals surface area contributed by atoms with Gasteiger partial charge >= 0.3 is 0 Å². The Balaban J connectivity index is 1.69. The second-order valence-electron chi connectivity index (χ2n) is 8.07. The molecule has 0 aliphatic heterocycles. The van der Waals surface area contributed by atoms with Crippen LogP contribution >= 0.6 is 0 Å². The first kappa shape index (κ1) is 21.2. The van der Waals surface area contributed by atoms with E-state index in [1.807, 2.05) is 57.2 Å². The van der Waals surface area contributed by atoms with Gasteiger partial charge in [0, 0.05) is 17.4 Å². The van der Waals surface area contributed by atoms with Crippen LogP contribution in [0.2, 0.25) is 0 Å². The Morgan fingerprint density at radius 1 is 1.00 bits per heavy atom. The lowest BCUT2D eigenvalue weighted by Crippen LogP contribution is -2.47. The summed E-state index contributed by atoms with van der Waals surface area (Å²) in [5, 5.41) is 9.55. The van der Waals surface area contributed by atoms with E-state index in [0.717, 1.165) is 5.56 Å². The fourth-order valence-electron chi connectivity index (χ4n) is 2.81. The second-order valence-corrected chi connectivity index (χ2v) is 8.07. The second kappa shape index (κ2) is 9.35. The molecule has 0 bridgehead atoms. The highest BCUT2D eigenvalue weighted by atomic mass is 16.5. The summed E-state index contributed by atoms with van der Waals surface area (Å²) in [4.78, 5) is 29.8. The maximum atomic E-state index is 12.9. The Hall–Kier alpha value is -3.48. The van der Waals surface area contributed by atoms with Crippen molar-refractivity contribution >= 4 is 11.8 Å². The molecule has 7 heteroatoms. The van der Waals surface area contributed by atoms with Crippen LogP contribution in [-0.2, 0) is 23.2 Å². The Morgan fingerprint density at radius 2 is 1.63 bits per heavy atom. The van der Waals surface area contributed by atoms with Crippen LogP contribution in [0, 0.1) is 0 Å². The molecule has 0 aliphatic carbocycles. The molecule has 0 spiro atoms. The van der Waals surface area contributed by atoms with Gasteiger partial charge in [0.2, 0.25) is 11.8 Å². The van der Waals surface area contributed by atoms with Crippen molar-refractivity contribution in [1.82, 2.24) is 20.8 Å². The number of hydrogen-bond donors (Lipinski definition) is 2. The van der Waals surface area contributed by atoms with Crippen LogP contribution in [0.25, 0.3) is 0 Å². The number of benzene rings is 2. The summed E-state index contributed by atoms with van der Waals surface area (Å²) in [6.07, 6.45) is 0.366. The quantitative estimate of drug-likeness (QED) is 0.629. The Kier molecular flexibility index (Phi) is 6.61. The number of rotatable bonds is 7. The van der Waals surface area contributed by atoms with Gasteiger partial charge in [0.1, 0.15) is 6.04 Å². The highest BCUT2D eigenvalue weighted by Gasteiger charge is 2.24. The number of amides is 2. The third kappa shape index (κ3) is 5.76. The first-order chi connectivity index (χ1) is 14.3. The van der Waals surface area contributed by atoms with Gasteiger partial charge in [-0.1, -0.05) is 74.5 Å². The van der Waals surface area contributed by atoms with Crippen molar-refractivity contribution in [3.05, 3.63) is 83.5 Å². The molecule has 0 saturated heterocycles. The summed E-state index contributed by atoms with van der Waals surface area (Å²) in [5.74, 6) is 0.276. The van der Waals surface area contributed by atoms with E-state index in [0.29, 0.717) is 23.7 Å². The molecule has 30 heavy (non-hydrogen) atoms. The van der Waals surface area contributed by atoms with Crippen LogP contribution in [0.5, 0.6) is 0 Å². The summed E-state index contributed by atoms with van der Waals surface area (Å²) < 4.78 is 5.26. The summed E-state index contributed by atoms with van der Waals surface area (Å²) in [5.41, 5.74) is 1.17. The van der Waals surface area contributed by atoms with Crippen molar-refractivity contribution < 1.29 is 14.1 Å². The van der Waals surface area contributed by atoms with Crippen LogP contribution in [0.15, 0.2) is 65.2 Å². The van der Waals surface area contributed by atoms with Crippen molar-refractivity contribution in [2.75, 3.05) is 0 Å². The molecule has 0 aliphatic rings. The van der Waals surface area contributed by atoms with Crippen LogP contribution in [0.1, 0.15) is 48.4 Å². The SMILES string of the molecule is CC(C)(C)c1nc(CNC(=O)C(Cc2ccccc2)NC(=O)c2ccccc2)no1. The van der Waals surface area contributed by atoms with E-state index in [4.69, 9.17) is 4.52 Å². The largest absolute Gasteiger partial charge is 0.347 e. The summed E-state index contributed by atoms with van der Waals surface area (Å²) >= 11 is 0. The van der Waals surface area contributed by atoms with Gasteiger partial charge in [0.15, 0.2) is 5.82 Å². The summed E-state index contributed by atoms with van der Waals surface area (Å²) in [6, 6.07) is 17.6. The van der Waals surface area contributed by atoms with E-state index in [1.165, 1.54) is 0 Å². The third-order valence-corrected chi connectivity index (χ3v) is 4.47. The molecule has 156 valence electrons. The fourth-order valence-corrected chi connectivity index (χ4v) is 2.81. The molecule has 3 aromatic rings.